The second-order valence-electron chi connectivity index (χ2n) is 5.90. The molecule has 0 radical (unpaired) electrons. The molecule has 0 saturated carbocycles. The number of rotatable bonds is 7. The van der Waals surface area contributed by atoms with E-state index in [4.69, 9.17) is 5.73 Å². The number of nitrogens with two attached hydrogens (primary N) is 1. The number of unbranched alkanes of at least 4 members (excludes halogenated alkanes) is 2. The fourth-order valence-electron chi connectivity index (χ4n) is 2.46. The number of aryl methyl sites for hydroxylation is 1. The molecule has 110 valence electrons. The van der Waals surface area contributed by atoms with Crippen molar-refractivity contribution in [1.29, 1.82) is 0 Å². The van der Waals surface area contributed by atoms with Gasteiger partial charge in [0, 0.05) is 19.6 Å². The zero-order chi connectivity index (χ0) is 14.6. The van der Waals surface area contributed by atoms with Crippen molar-refractivity contribution >= 4 is 11.5 Å². The molecule has 0 fully saturated rings. The monoisotopic (exact) mass is 266 g/mol. The summed E-state index contributed by atoms with van der Waals surface area (Å²) in [6.07, 6.45) is 3.71. The molecule has 0 atom stereocenters. The van der Waals surface area contributed by atoms with Crippen LogP contribution in [-0.2, 0) is 7.05 Å². The molecule has 0 saturated heterocycles. The third kappa shape index (κ3) is 3.64. The molecule has 1 aromatic rings. The Kier molecular flexibility index (Phi) is 5.70. The van der Waals surface area contributed by atoms with Gasteiger partial charge >= 0.3 is 0 Å². The highest BCUT2D eigenvalue weighted by Gasteiger charge is 2.22. The molecule has 0 aliphatic heterocycles. The largest absolute Gasteiger partial charge is 0.394 e. The zero-order valence-corrected chi connectivity index (χ0v) is 13.4. The van der Waals surface area contributed by atoms with Crippen LogP contribution in [0.15, 0.2) is 0 Å². The number of aromatic nitrogens is 2. The van der Waals surface area contributed by atoms with Gasteiger partial charge in [0.1, 0.15) is 0 Å². The van der Waals surface area contributed by atoms with E-state index >= 15 is 0 Å². The standard InChI is InChI=1S/C15H30N4/c1-7-8-9-10-19(12(4)5)15-13(16)14(11(2)3)17-18(15)6/h11-12H,7-10,16H2,1-6H3. The van der Waals surface area contributed by atoms with Crippen LogP contribution in [0.25, 0.3) is 0 Å². The minimum Gasteiger partial charge on any atom is -0.394 e. The maximum absolute atomic E-state index is 6.32. The normalized spacial score (nSPS) is 11.6. The van der Waals surface area contributed by atoms with Crippen molar-refractivity contribution in [3.05, 3.63) is 5.69 Å². The summed E-state index contributed by atoms with van der Waals surface area (Å²) >= 11 is 0. The van der Waals surface area contributed by atoms with Crippen LogP contribution in [0.1, 0.15) is 65.5 Å². The van der Waals surface area contributed by atoms with Gasteiger partial charge in [0.15, 0.2) is 5.82 Å². The van der Waals surface area contributed by atoms with Crippen molar-refractivity contribution < 1.29 is 0 Å². The second kappa shape index (κ2) is 6.83. The molecule has 4 nitrogen and oxygen atoms in total. The van der Waals surface area contributed by atoms with Gasteiger partial charge in [-0.25, -0.2) is 0 Å². The molecule has 1 aromatic heterocycles. The number of anilines is 2. The average Bonchev–Trinajstić information content (AvgIpc) is 2.61. The van der Waals surface area contributed by atoms with E-state index in [-0.39, 0.29) is 0 Å². The van der Waals surface area contributed by atoms with Crippen LogP contribution in [0, 0.1) is 0 Å². The Hall–Kier alpha value is -1.19. The number of nitrogens with zero attached hydrogens (tertiary/aromatic N) is 3. The molecule has 0 spiro atoms. The Labute approximate surface area is 118 Å². The van der Waals surface area contributed by atoms with E-state index in [0.717, 1.165) is 23.7 Å². The molecule has 0 amide bonds. The molecular weight excluding hydrogens is 236 g/mol. The molecule has 0 bridgehead atoms. The molecule has 1 heterocycles. The van der Waals surface area contributed by atoms with Gasteiger partial charge in [-0.1, -0.05) is 33.6 Å². The van der Waals surface area contributed by atoms with Crippen molar-refractivity contribution in [2.24, 2.45) is 7.05 Å². The van der Waals surface area contributed by atoms with Crippen molar-refractivity contribution in [2.75, 3.05) is 17.2 Å². The molecular formula is C15H30N4. The lowest BCUT2D eigenvalue weighted by Crippen LogP contribution is -2.34. The minimum atomic E-state index is 0.365. The lowest BCUT2D eigenvalue weighted by atomic mass is 10.1. The number of hydrogen-bond acceptors (Lipinski definition) is 3. The molecule has 0 aromatic carbocycles. The van der Waals surface area contributed by atoms with Crippen LogP contribution in [-0.4, -0.2) is 22.4 Å². The van der Waals surface area contributed by atoms with Crippen LogP contribution >= 0.6 is 0 Å². The maximum atomic E-state index is 6.32. The second-order valence-corrected chi connectivity index (χ2v) is 5.90. The maximum Gasteiger partial charge on any atom is 0.150 e. The molecule has 1 rings (SSSR count). The van der Waals surface area contributed by atoms with Gasteiger partial charge < -0.3 is 10.6 Å². The number of hydrogen-bond donors (Lipinski definition) is 1. The molecule has 0 unspecified atom stereocenters. The Balaban J connectivity index is 3.02. The molecule has 0 aliphatic rings. The first-order chi connectivity index (χ1) is 8.90. The smallest absolute Gasteiger partial charge is 0.150 e. The lowest BCUT2D eigenvalue weighted by Gasteiger charge is -2.29. The van der Waals surface area contributed by atoms with Gasteiger partial charge in [-0.05, 0) is 26.2 Å². The van der Waals surface area contributed by atoms with E-state index in [2.05, 4.69) is 44.6 Å². The van der Waals surface area contributed by atoms with Gasteiger partial charge in [-0.15, -0.1) is 0 Å². The summed E-state index contributed by atoms with van der Waals surface area (Å²) < 4.78 is 1.94. The van der Waals surface area contributed by atoms with Crippen LogP contribution in [0.2, 0.25) is 0 Å². The fourth-order valence-corrected chi connectivity index (χ4v) is 2.46. The third-order valence-electron chi connectivity index (χ3n) is 3.53. The van der Waals surface area contributed by atoms with Crippen LogP contribution in [0.5, 0.6) is 0 Å². The van der Waals surface area contributed by atoms with Crippen molar-refractivity contribution in [1.82, 2.24) is 9.78 Å². The summed E-state index contributed by atoms with van der Waals surface area (Å²) in [6.45, 7) is 12.0. The Morgan fingerprint density at radius 1 is 1.21 bits per heavy atom. The Bertz CT molecular complexity index is 393. The van der Waals surface area contributed by atoms with E-state index in [9.17, 15) is 0 Å². The summed E-state index contributed by atoms with van der Waals surface area (Å²) in [5, 5.41) is 4.59. The minimum absolute atomic E-state index is 0.365. The lowest BCUT2D eigenvalue weighted by molar-refractivity contribution is 0.598. The van der Waals surface area contributed by atoms with Gasteiger partial charge in [0.2, 0.25) is 0 Å². The highest BCUT2D eigenvalue weighted by Crippen LogP contribution is 2.31. The van der Waals surface area contributed by atoms with Crippen LogP contribution < -0.4 is 10.6 Å². The number of nitrogen functional groups attached to an aromatic ring is 1. The van der Waals surface area contributed by atoms with Gasteiger partial charge in [0.25, 0.3) is 0 Å². The van der Waals surface area contributed by atoms with Crippen molar-refractivity contribution in [3.8, 4) is 0 Å². The highest BCUT2D eigenvalue weighted by molar-refractivity contribution is 5.67. The van der Waals surface area contributed by atoms with E-state index in [1.807, 2.05) is 11.7 Å². The van der Waals surface area contributed by atoms with Crippen molar-refractivity contribution in [3.63, 3.8) is 0 Å². The van der Waals surface area contributed by atoms with E-state index in [1.54, 1.807) is 0 Å². The summed E-state index contributed by atoms with van der Waals surface area (Å²) in [5.74, 6) is 1.44. The first-order valence-corrected chi connectivity index (χ1v) is 7.49. The van der Waals surface area contributed by atoms with E-state index in [0.29, 0.717) is 12.0 Å². The van der Waals surface area contributed by atoms with Gasteiger partial charge in [-0.3, -0.25) is 4.68 Å². The topological polar surface area (TPSA) is 47.1 Å². The molecule has 4 heteroatoms. The first kappa shape index (κ1) is 15.9. The van der Waals surface area contributed by atoms with Crippen LogP contribution in [0.4, 0.5) is 11.5 Å². The van der Waals surface area contributed by atoms with E-state index < -0.39 is 0 Å². The highest BCUT2D eigenvalue weighted by atomic mass is 15.4. The molecule has 0 aliphatic carbocycles. The zero-order valence-electron chi connectivity index (χ0n) is 13.4. The third-order valence-corrected chi connectivity index (χ3v) is 3.53. The molecule has 19 heavy (non-hydrogen) atoms. The summed E-state index contributed by atoms with van der Waals surface area (Å²) in [5.41, 5.74) is 8.19. The van der Waals surface area contributed by atoms with Crippen molar-refractivity contribution in [2.45, 2.75) is 65.8 Å². The summed E-state index contributed by atoms with van der Waals surface area (Å²) in [7, 11) is 1.99. The predicted molar refractivity (Wildman–Crippen MR) is 83.7 cm³/mol. The summed E-state index contributed by atoms with van der Waals surface area (Å²) in [4.78, 5) is 2.38. The molecule has 2 N–H and O–H groups in total. The van der Waals surface area contributed by atoms with Gasteiger partial charge in [0.05, 0.1) is 11.4 Å². The van der Waals surface area contributed by atoms with Crippen LogP contribution in [0.3, 0.4) is 0 Å². The fraction of sp³-hybridized carbons (Fsp3) is 0.800. The first-order valence-electron chi connectivity index (χ1n) is 7.49. The van der Waals surface area contributed by atoms with Gasteiger partial charge in [-0.2, -0.15) is 5.10 Å². The quantitative estimate of drug-likeness (QED) is 0.768. The van der Waals surface area contributed by atoms with E-state index in [1.165, 1.54) is 19.3 Å². The Morgan fingerprint density at radius 2 is 1.84 bits per heavy atom. The predicted octanol–water partition coefficient (Wildman–Crippen LogP) is 3.53. The SMILES string of the molecule is CCCCCN(c1c(N)c(C(C)C)nn1C)C(C)C. The Morgan fingerprint density at radius 3 is 2.26 bits per heavy atom. The summed E-state index contributed by atoms with van der Waals surface area (Å²) in [6, 6.07) is 0.439. The average molecular weight is 266 g/mol.